The van der Waals surface area contributed by atoms with Crippen LogP contribution in [0.4, 0.5) is 8.78 Å². The fraction of sp³-hybridized carbons (Fsp3) is 0.375. The Kier molecular flexibility index (Phi) is 3.85. The van der Waals surface area contributed by atoms with Crippen LogP contribution in [-0.2, 0) is 12.8 Å². The normalized spacial score (nSPS) is 15.9. The van der Waals surface area contributed by atoms with Gasteiger partial charge in [-0.15, -0.1) is 11.3 Å². The summed E-state index contributed by atoms with van der Waals surface area (Å²) in [6.45, 7) is 0. The highest BCUT2D eigenvalue weighted by Gasteiger charge is 2.22. The van der Waals surface area contributed by atoms with Gasteiger partial charge in [0.2, 0.25) is 0 Å². The van der Waals surface area contributed by atoms with Crippen molar-refractivity contribution in [1.82, 2.24) is 5.32 Å². The van der Waals surface area contributed by atoms with Gasteiger partial charge in [-0.25, -0.2) is 8.78 Å². The van der Waals surface area contributed by atoms with Crippen LogP contribution in [0.1, 0.15) is 39.8 Å². The predicted molar refractivity (Wildman–Crippen MR) is 78.2 cm³/mol. The van der Waals surface area contributed by atoms with E-state index in [0.29, 0.717) is 5.56 Å². The standard InChI is InChI=1S/C16H17F2NS/c1-19-16(11-6-4-7-12(17)15(11)18)14-9-10-5-2-3-8-13(10)20-14/h4,6-7,9,16,19H,2-3,5,8H2,1H3. The minimum Gasteiger partial charge on any atom is -0.309 e. The Hall–Kier alpha value is -1.26. The Balaban J connectivity index is 2.01. The molecule has 0 bridgehead atoms. The number of hydrogen-bond acceptors (Lipinski definition) is 2. The average Bonchev–Trinajstić information content (AvgIpc) is 2.87. The Morgan fingerprint density at radius 1 is 1.20 bits per heavy atom. The molecule has 0 saturated heterocycles. The summed E-state index contributed by atoms with van der Waals surface area (Å²) < 4.78 is 27.4. The number of rotatable bonds is 3. The molecule has 1 N–H and O–H groups in total. The highest BCUT2D eigenvalue weighted by Crippen LogP contribution is 2.36. The molecular formula is C16H17F2NS. The first-order valence-electron chi connectivity index (χ1n) is 6.93. The Morgan fingerprint density at radius 2 is 2.00 bits per heavy atom. The van der Waals surface area contributed by atoms with Gasteiger partial charge in [0.25, 0.3) is 0 Å². The zero-order valence-corrected chi connectivity index (χ0v) is 12.2. The van der Waals surface area contributed by atoms with Crippen LogP contribution < -0.4 is 5.32 Å². The van der Waals surface area contributed by atoms with Gasteiger partial charge in [0, 0.05) is 15.3 Å². The topological polar surface area (TPSA) is 12.0 Å². The maximum atomic E-state index is 14.0. The number of halogens is 2. The van der Waals surface area contributed by atoms with Crippen LogP contribution in [0.2, 0.25) is 0 Å². The van der Waals surface area contributed by atoms with E-state index in [4.69, 9.17) is 0 Å². The summed E-state index contributed by atoms with van der Waals surface area (Å²) in [7, 11) is 1.79. The van der Waals surface area contributed by atoms with Crippen molar-refractivity contribution in [2.24, 2.45) is 0 Å². The van der Waals surface area contributed by atoms with Gasteiger partial charge in [-0.05, 0) is 50.4 Å². The number of fused-ring (bicyclic) bond motifs is 1. The van der Waals surface area contributed by atoms with Gasteiger partial charge < -0.3 is 5.32 Å². The second-order valence-electron chi connectivity index (χ2n) is 5.17. The van der Waals surface area contributed by atoms with Gasteiger partial charge in [-0.2, -0.15) is 0 Å². The molecule has 1 heterocycles. The maximum Gasteiger partial charge on any atom is 0.163 e. The first-order chi connectivity index (χ1) is 9.70. The molecule has 0 saturated carbocycles. The third-order valence-corrected chi connectivity index (χ3v) is 5.18. The van der Waals surface area contributed by atoms with Crippen LogP contribution in [0.25, 0.3) is 0 Å². The summed E-state index contributed by atoms with van der Waals surface area (Å²) >= 11 is 1.73. The first kappa shape index (κ1) is 13.7. The van der Waals surface area contributed by atoms with Crippen molar-refractivity contribution in [3.05, 3.63) is 56.8 Å². The van der Waals surface area contributed by atoms with Gasteiger partial charge in [-0.1, -0.05) is 12.1 Å². The highest BCUT2D eigenvalue weighted by molar-refractivity contribution is 7.12. The second kappa shape index (κ2) is 5.62. The molecule has 20 heavy (non-hydrogen) atoms. The summed E-state index contributed by atoms with van der Waals surface area (Å²) in [4.78, 5) is 2.48. The summed E-state index contributed by atoms with van der Waals surface area (Å²) in [6, 6.07) is 6.25. The van der Waals surface area contributed by atoms with E-state index in [2.05, 4.69) is 11.4 Å². The van der Waals surface area contributed by atoms with Gasteiger partial charge in [0.1, 0.15) is 0 Å². The van der Waals surface area contributed by atoms with Gasteiger partial charge >= 0.3 is 0 Å². The van der Waals surface area contributed by atoms with Crippen molar-refractivity contribution in [2.45, 2.75) is 31.7 Å². The van der Waals surface area contributed by atoms with Crippen molar-refractivity contribution in [2.75, 3.05) is 7.05 Å². The summed E-state index contributed by atoms with van der Waals surface area (Å²) in [5.41, 5.74) is 1.76. The first-order valence-corrected chi connectivity index (χ1v) is 7.75. The molecule has 0 spiro atoms. The molecule has 2 aromatic rings. The number of aryl methyl sites for hydroxylation is 2. The summed E-state index contributed by atoms with van der Waals surface area (Å²) in [6.07, 6.45) is 4.67. The van der Waals surface area contributed by atoms with Crippen LogP contribution in [0.3, 0.4) is 0 Å². The summed E-state index contributed by atoms with van der Waals surface area (Å²) in [5, 5.41) is 3.12. The van der Waals surface area contributed by atoms with Gasteiger partial charge in [0.15, 0.2) is 11.6 Å². The molecule has 0 fully saturated rings. The Bertz CT molecular complexity index is 597. The lowest BCUT2D eigenvalue weighted by atomic mass is 9.97. The lowest BCUT2D eigenvalue weighted by molar-refractivity contribution is 0.488. The molecule has 1 atom stereocenters. The molecule has 1 aliphatic rings. The van der Waals surface area contributed by atoms with Crippen molar-refractivity contribution in [3.8, 4) is 0 Å². The Labute approximate surface area is 121 Å². The smallest absolute Gasteiger partial charge is 0.163 e. The van der Waals surface area contributed by atoms with Crippen molar-refractivity contribution in [3.63, 3.8) is 0 Å². The van der Waals surface area contributed by atoms with Crippen LogP contribution >= 0.6 is 11.3 Å². The molecule has 106 valence electrons. The predicted octanol–water partition coefficient (Wildman–Crippen LogP) is 4.21. The molecule has 1 nitrogen and oxygen atoms in total. The molecular weight excluding hydrogens is 276 g/mol. The molecule has 3 rings (SSSR count). The fourth-order valence-corrected chi connectivity index (χ4v) is 4.24. The van der Waals surface area contributed by atoms with E-state index in [-0.39, 0.29) is 6.04 Å². The third-order valence-electron chi connectivity index (χ3n) is 3.88. The van der Waals surface area contributed by atoms with Crippen molar-refractivity contribution in [1.29, 1.82) is 0 Å². The number of hydrogen-bond donors (Lipinski definition) is 1. The number of thiophene rings is 1. The third kappa shape index (κ3) is 2.38. The number of nitrogens with one attached hydrogen (secondary N) is 1. The van der Waals surface area contributed by atoms with E-state index in [1.54, 1.807) is 30.5 Å². The molecule has 1 aliphatic carbocycles. The van der Waals surface area contributed by atoms with Crippen LogP contribution in [0.5, 0.6) is 0 Å². The van der Waals surface area contributed by atoms with Gasteiger partial charge in [-0.3, -0.25) is 0 Å². The summed E-state index contributed by atoms with van der Waals surface area (Å²) in [5.74, 6) is -1.54. The molecule has 0 amide bonds. The van der Waals surface area contributed by atoms with E-state index in [9.17, 15) is 8.78 Å². The monoisotopic (exact) mass is 293 g/mol. The van der Waals surface area contributed by atoms with Crippen LogP contribution in [-0.4, -0.2) is 7.05 Å². The maximum absolute atomic E-state index is 14.0. The zero-order valence-electron chi connectivity index (χ0n) is 11.4. The van der Waals surface area contributed by atoms with E-state index >= 15 is 0 Å². The second-order valence-corrected chi connectivity index (χ2v) is 6.34. The lowest BCUT2D eigenvalue weighted by Crippen LogP contribution is -2.18. The van der Waals surface area contributed by atoms with E-state index in [1.807, 2.05) is 0 Å². The largest absolute Gasteiger partial charge is 0.309 e. The SMILES string of the molecule is CNC(c1cc2c(s1)CCCC2)c1cccc(F)c1F. The average molecular weight is 293 g/mol. The fourth-order valence-electron chi connectivity index (χ4n) is 2.85. The molecule has 1 aromatic carbocycles. The van der Waals surface area contributed by atoms with Crippen LogP contribution in [0.15, 0.2) is 24.3 Å². The quantitative estimate of drug-likeness (QED) is 0.893. The van der Waals surface area contributed by atoms with Crippen molar-refractivity contribution >= 4 is 11.3 Å². The minimum atomic E-state index is -0.788. The molecule has 0 aliphatic heterocycles. The van der Waals surface area contributed by atoms with Crippen LogP contribution in [0, 0.1) is 11.6 Å². The lowest BCUT2D eigenvalue weighted by Gasteiger charge is -2.16. The molecule has 1 aromatic heterocycles. The number of benzene rings is 1. The van der Waals surface area contributed by atoms with Crippen molar-refractivity contribution < 1.29 is 8.78 Å². The molecule has 0 radical (unpaired) electrons. The highest BCUT2D eigenvalue weighted by atomic mass is 32.1. The van der Waals surface area contributed by atoms with E-state index in [1.165, 1.54) is 23.3 Å². The van der Waals surface area contributed by atoms with E-state index in [0.717, 1.165) is 23.8 Å². The zero-order chi connectivity index (χ0) is 14.1. The molecule has 1 unspecified atom stereocenters. The van der Waals surface area contributed by atoms with E-state index < -0.39 is 11.6 Å². The Morgan fingerprint density at radius 3 is 2.75 bits per heavy atom. The minimum absolute atomic E-state index is 0.277. The molecule has 4 heteroatoms. The van der Waals surface area contributed by atoms with Gasteiger partial charge in [0.05, 0.1) is 6.04 Å².